The van der Waals surface area contributed by atoms with Crippen molar-refractivity contribution in [3.05, 3.63) is 45.9 Å². The maximum atomic E-state index is 13.0. The minimum Gasteiger partial charge on any atom is -0.482 e. The average molecular weight is 482 g/mol. The van der Waals surface area contributed by atoms with Gasteiger partial charge in [-0.3, -0.25) is 9.59 Å². The number of halogens is 1. The quantitative estimate of drug-likeness (QED) is 0.682. The fourth-order valence-electron chi connectivity index (χ4n) is 2.87. The molecule has 2 aromatic rings. The molecule has 0 aromatic heterocycles. The smallest absolute Gasteiger partial charge is 0.262 e. The van der Waals surface area contributed by atoms with Crippen LogP contribution in [0.15, 0.2) is 39.7 Å². The highest BCUT2D eigenvalue weighted by atomic mass is 79.9. The Balaban J connectivity index is 1.77. The van der Waals surface area contributed by atoms with Crippen molar-refractivity contribution in [2.45, 2.75) is 18.7 Å². The molecule has 0 bridgehead atoms. The lowest BCUT2D eigenvalue weighted by atomic mass is 10.2. The van der Waals surface area contributed by atoms with Gasteiger partial charge in [0.15, 0.2) is 6.61 Å². The van der Waals surface area contributed by atoms with Crippen LogP contribution < -0.4 is 15.4 Å². The Morgan fingerprint density at radius 3 is 2.66 bits per heavy atom. The van der Waals surface area contributed by atoms with Crippen LogP contribution in [0.5, 0.6) is 5.75 Å². The third kappa shape index (κ3) is 4.60. The third-order valence-electron chi connectivity index (χ3n) is 4.41. The maximum Gasteiger partial charge on any atom is 0.262 e. The van der Waals surface area contributed by atoms with Crippen molar-refractivity contribution in [1.29, 1.82) is 0 Å². The van der Waals surface area contributed by atoms with E-state index >= 15 is 0 Å². The van der Waals surface area contributed by atoms with Crippen LogP contribution in [0.1, 0.15) is 11.1 Å². The molecule has 1 aliphatic heterocycles. The molecule has 0 saturated heterocycles. The predicted molar refractivity (Wildman–Crippen MR) is 113 cm³/mol. The van der Waals surface area contributed by atoms with E-state index in [2.05, 4.69) is 26.6 Å². The van der Waals surface area contributed by atoms with E-state index in [0.29, 0.717) is 16.9 Å². The molecule has 1 heterocycles. The van der Waals surface area contributed by atoms with E-state index in [1.165, 1.54) is 19.2 Å². The van der Waals surface area contributed by atoms with Crippen LogP contribution in [-0.4, -0.2) is 44.7 Å². The molecule has 2 N–H and O–H groups in total. The molecule has 0 atom stereocenters. The number of likely N-dealkylation sites (N-methyl/N-ethyl adjacent to an activating group) is 1. The van der Waals surface area contributed by atoms with Gasteiger partial charge in [-0.05, 0) is 49.2 Å². The van der Waals surface area contributed by atoms with Crippen LogP contribution in [0.2, 0.25) is 0 Å². The topological polar surface area (TPSA) is 105 Å². The van der Waals surface area contributed by atoms with Crippen molar-refractivity contribution >= 4 is 49.1 Å². The van der Waals surface area contributed by atoms with E-state index in [0.717, 1.165) is 14.3 Å². The third-order valence-corrected chi connectivity index (χ3v) is 7.24. The minimum atomic E-state index is -3.95. The molecule has 8 nitrogen and oxygen atoms in total. The standard InChI is InChI=1S/C19H20BrN3O5S/c1-11-6-13(4-5-14(11)20)21-18(24)9-23(3)29(26,27)17-8-16-15(7-12(17)2)22-19(25)10-28-16/h4-8H,9-10H2,1-3H3,(H,21,24)(H,22,25). The van der Waals surface area contributed by atoms with Crippen molar-refractivity contribution in [1.82, 2.24) is 4.31 Å². The number of benzene rings is 2. The second-order valence-corrected chi connectivity index (χ2v) is 9.59. The first kappa shape index (κ1) is 21.3. The Bertz CT molecular complexity index is 1100. The summed E-state index contributed by atoms with van der Waals surface area (Å²) >= 11 is 3.39. The van der Waals surface area contributed by atoms with Crippen molar-refractivity contribution in [3.63, 3.8) is 0 Å². The Labute approximate surface area is 177 Å². The van der Waals surface area contributed by atoms with Gasteiger partial charge in [0.25, 0.3) is 5.91 Å². The number of aryl methyl sites for hydroxylation is 2. The number of ether oxygens (including phenoxy) is 1. The zero-order valence-corrected chi connectivity index (χ0v) is 18.5. The zero-order chi connectivity index (χ0) is 21.3. The number of anilines is 2. The van der Waals surface area contributed by atoms with Crippen molar-refractivity contribution in [3.8, 4) is 5.75 Å². The maximum absolute atomic E-state index is 13.0. The highest BCUT2D eigenvalue weighted by Gasteiger charge is 2.28. The Kier molecular flexibility index (Phi) is 5.97. The van der Waals surface area contributed by atoms with E-state index < -0.39 is 15.9 Å². The van der Waals surface area contributed by atoms with Crippen LogP contribution in [0.4, 0.5) is 11.4 Å². The number of amides is 2. The minimum absolute atomic E-state index is 0.0159. The molecular weight excluding hydrogens is 462 g/mol. The fraction of sp³-hybridized carbons (Fsp3) is 0.263. The molecule has 1 aliphatic rings. The molecule has 2 amide bonds. The molecule has 0 radical (unpaired) electrons. The van der Waals surface area contributed by atoms with Gasteiger partial charge in [0.05, 0.1) is 17.1 Å². The van der Waals surface area contributed by atoms with Gasteiger partial charge in [-0.25, -0.2) is 8.42 Å². The molecule has 0 saturated carbocycles. The molecule has 0 fully saturated rings. The molecule has 10 heteroatoms. The van der Waals surface area contributed by atoms with Crippen molar-refractivity contribution in [2.24, 2.45) is 0 Å². The van der Waals surface area contributed by atoms with E-state index in [4.69, 9.17) is 4.74 Å². The summed E-state index contributed by atoms with van der Waals surface area (Å²) in [7, 11) is -2.61. The number of fused-ring (bicyclic) bond motifs is 1. The second kappa shape index (κ2) is 8.13. The summed E-state index contributed by atoms with van der Waals surface area (Å²) in [6.45, 7) is 2.97. The van der Waals surface area contributed by atoms with Gasteiger partial charge >= 0.3 is 0 Å². The normalized spacial score (nSPS) is 13.5. The van der Waals surface area contributed by atoms with E-state index in [1.54, 1.807) is 25.1 Å². The van der Waals surface area contributed by atoms with Crippen molar-refractivity contribution in [2.75, 3.05) is 30.8 Å². The summed E-state index contributed by atoms with van der Waals surface area (Å²) in [6, 6.07) is 8.23. The first-order valence-electron chi connectivity index (χ1n) is 8.67. The summed E-state index contributed by atoms with van der Waals surface area (Å²) in [6.07, 6.45) is 0. The van der Waals surface area contributed by atoms with Gasteiger partial charge in [0.2, 0.25) is 15.9 Å². The summed E-state index contributed by atoms with van der Waals surface area (Å²) in [5, 5.41) is 5.33. The van der Waals surface area contributed by atoms with E-state index in [-0.39, 0.29) is 29.7 Å². The number of nitrogens with one attached hydrogen (secondary N) is 2. The molecule has 29 heavy (non-hydrogen) atoms. The van der Waals surface area contributed by atoms with Gasteiger partial charge in [-0.2, -0.15) is 4.31 Å². The second-order valence-electron chi connectivity index (χ2n) is 6.72. The SMILES string of the molecule is Cc1cc(NC(=O)CN(C)S(=O)(=O)c2cc3c(cc2C)NC(=O)CO3)ccc1Br. The number of sulfonamides is 1. The summed E-state index contributed by atoms with van der Waals surface area (Å²) in [5.41, 5.74) is 2.38. The molecular formula is C19H20BrN3O5S. The first-order chi connectivity index (χ1) is 13.6. The molecule has 0 spiro atoms. The van der Waals surface area contributed by atoms with Crippen LogP contribution >= 0.6 is 15.9 Å². The van der Waals surface area contributed by atoms with Gasteiger partial charge in [0.1, 0.15) is 5.75 Å². The van der Waals surface area contributed by atoms with Crippen LogP contribution in [-0.2, 0) is 19.6 Å². The number of hydrogen-bond acceptors (Lipinski definition) is 5. The number of nitrogens with zero attached hydrogens (tertiary/aromatic N) is 1. The highest BCUT2D eigenvalue weighted by Crippen LogP contribution is 2.33. The molecule has 0 aliphatic carbocycles. The molecule has 3 rings (SSSR count). The van der Waals surface area contributed by atoms with Crippen molar-refractivity contribution < 1.29 is 22.7 Å². The van der Waals surface area contributed by atoms with Crippen LogP contribution in [0, 0.1) is 13.8 Å². The zero-order valence-electron chi connectivity index (χ0n) is 16.1. The summed E-state index contributed by atoms with van der Waals surface area (Å²) in [4.78, 5) is 23.8. The van der Waals surface area contributed by atoms with Gasteiger partial charge < -0.3 is 15.4 Å². The van der Waals surface area contributed by atoms with E-state index in [1.807, 2.05) is 6.92 Å². The van der Waals surface area contributed by atoms with Crippen LogP contribution in [0.3, 0.4) is 0 Å². The highest BCUT2D eigenvalue weighted by molar-refractivity contribution is 9.10. The van der Waals surface area contributed by atoms with E-state index in [9.17, 15) is 18.0 Å². The largest absolute Gasteiger partial charge is 0.482 e. The van der Waals surface area contributed by atoms with Crippen LogP contribution in [0.25, 0.3) is 0 Å². The lowest BCUT2D eigenvalue weighted by Gasteiger charge is -2.22. The Hall–Kier alpha value is -2.43. The monoisotopic (exact) mass is 481 g/mol. The van der Waals surface area contributed by atoms with Gasteiger partial charge in [-0.15, -0.1) is 0 Å². The summed E-state index contributed by atoms with van der Waals surface area (Å²) < 4.78 is 33.2. The lowest BCUT2D eigenvalue weighted by Crippen LogP contribution is -2.35. The number of hydrogen-bond donors (Lipinski definition) is 2. The fourth-order valence-corrected chi connectivity index (χ4v) is 4.46. The van der Waals surface area contributed by atoms with Gasteiger partial charge in [0, 0.05) is 23.3 Å². The Morgan fingerprint density at radius 2 is 1.97 bits per heavy atom. The van der Waals surface area contributed by atoms with Gasteiger partial charge in [-0.1, -0.05) is 15.9 Å². The molecule has 0 unspecified atom stereocenters. The Morgan fingerprint density at radius 1 is 1.24 bits per heavy atom. The lowest BCUT2D eigenvalue weighted by molar-refractivity contribution is -0.118. The number of carbonyl (C=O) groups excluding carboxylic acids is 2. The molecule has 154 valence electrons. The number of carbonyl (C=O) groups is 2. The number of rotatable bonds is 5. The average Bonchev–Trinajstić information content (AvgIpc) is 2.63. The predicted octanol–water partition coefficient (Wildman–Crippen LogP) is 2.66. The molecule has 2 aromatic carbocycles. The first-order valence-corrected chi connectivity index (χ1v) is 10.9. The summed E-state index contributed by atoms with van der Waals surface area (Å²) in [5.74, 6) is -0.488.